The molecule has 1 fully saturated rings. The number of hydrogen-bond acceptors (Lipinski definition) is 3. The number of carbonyl (C=O) groups is 2. The van der Waals surface area contributed by atoms with Gasteiger partial charge in [0, 0.05) is 23.0 Å². The zero-order valence-electron chi connectivity index (χ0n) is 12.1. The van der Waals surface area contributed by atoms with Gasteiger partial charge in [0.15, 0.2) is 0 Å². The summed E-state index contributed by atoms with van der Waals surface area (Å²) in [6.07, 6.45) is 1.08. The average molecular weight is 302 g/mol. The summed E-state index contributed by atoms with van der Waals surface area (Å²) in [5.74, 6) is -0.0158. The van der Waals surface area contributed by atoms with Gasteiger partial charge in [0.25, 0.3) is 0 Å². The van der Waals surface area contributed by atoms with E-state index in [0.29, 0.717) is 12.8 Å². The lowest BCUT2D eigenvalue weighted by Crippen LogP contribution is -2.43. The van der Waals surface area contributed by atoms with Crippen LogP contribution in [0.15, 0.2) is 30.3 Å². The average Bonchev–Trinajstić information content (AvgIpc) is 3.03. The zero-order chi connectivity index (χ0) is 15.0. The highest BCUT2D eigenvalue weighted by molar-refractivity contribution is 7.19. The fraction of sp³-hybridized carbons (Fsp3) is 0.375. The molecule has 0 aliphatic carbocycles. The third-order valence-corrected chi connectivity index (χ3v) is 5.32. The molecule has 2 aromatic rings. The molecule has 0 bridgehead atoms. The Labute approximate surface area is 127 Å². The molecule has 1 aliphatic heterocycles. The fourth-order valence-corrected chi connectivity index (χ4v) is 3.77. The Hall–Kier alpha value is -1.88. The number of carbonyl (C=O) groups excluding carboxylic acids is 2. The highest BCUT2D eigenvalue weighted by Gasteiger charge is 2.33. The summed E-state index contributed by atoms with van der Waals surface area (Å²) in [7, 11) is 1.70. The van der Waals surface area contributed by atoms with Crippen molar-refractivity contribution < 1.29 is 9.59 Å². The van der Waals surface area contributed by atoms with Gasteiger partial charge in [-0.25, -0.2) is 0 Å². The van der Waals surface area contributed by atoms with E-state index in [1.54, 1.807) is 23.3 Å². The molecule has 1 aliphatic rings. The second-order valence-corrected chi connectivity index (χ2v) is 6.59. The first-order chi connectivity index (χ1) is 10.1. The highest BCUT2D eigenvalue weighted by Crippen LogP contribution is 2.30. The molecule has 0 radical (unpaired) electrons. The first kappa shape index (κ1) is 14.1. The highest BCUT2D eigenvalue weighted by atomic mass is 32.1. The van der Waals surface area contributed by atoms with E-state index in [9.17, 15) is 9.59 Å². The lowest BCUT2D eigenvalue weighted by atomic mass is 10.1. The number of amides is 2. The van der Waals surface area contributed by atoms with Gasteiger partial charge in [0.1, 0.15) is 6.04 Å². The Morgan fingerprint density at radius 2 is 2.19 bits per heavy atom. The lowest BCUT2D eigenvalue weighted by Gasteiger charge is -2.21. The maximum atomic E-state index is 12.3. The van der Waals surface area contributed by atoms with E-state index in [2.05, 4.69) is 23.5 Å². The van der Waals surface area contributed by atoms with Crippen LogP contribution < -0.4 is 5.32 Å². The molecule has 2 heterocycles. The van der Waals surface area contributed by atoms with Crippen LogP contribution in [0.3, 0.4) is 0 Å². The number of hydrogen-bond donors (Lipinski definition) is 1. The van der Waals surface area contributed by atoms with Crippen molar-refractivity contribution >= 4 is 33.2 Å². The van der Waals surface area contributed by atoms with Crippen molar-refractivity contribution in [2.24, 2.45) is 0 Å². The van der Waals surface area contributed by atoms with E-state index < -0.39 is 0 Å². The van der Waals surface area contributed by atoms with Gasteiger partial charge in [-0.2, -0.15) is 0 Å². The van der Waals surface area contributed by atoms with Crippen LogP contribution in [0.1, 0.15) is 30.7 Å². The van der Waals surface area contributed by atoms with E-state index in [4.69, 9.17) is 0 Å². The van der Waals surface area contributed by atoms with Crippen molar-refractivity contribution in [3.63, 3.8) is 0 Å². The molecule has 0 unspecified atom stereocenters. The van der Waals surface area contributed by atoms with Crippen LogP contribution in [0.25, 0.3) is 10.1 Å². The van der Waals surface area contributed by atoms with Crippen molar-refractivity contribution in [3.05, 3.63) is 35.2 Å². The Bertz CT molecular complexity index is 661. The standard InChI is InChI=1S/C16H18N2O2S/c1-10(14-9-11-5-3-4-6-13(11)21-14)17-16(20)12-7-8-15(19)18(12)2/h3-6,9-10,12H,7-8H2,1-2H3,(H,17,20)/t10-,12+/m1/s1. The van der Waals surface area contributed by atoms with Gasteiger partial charge in [0.2, 0.25) is 11.8 Å². The maximum Gasteiger partial charge on any atom is 0.243 e. The van der Waals surface area contributed by atoms with Gasteiger partial charge in [-0.3, -0.25) is 9.59 Å². The number of nitrogens with zero attached hydrogens (tertiary/aromatic N) is 1. The van der Waals surface area contributed by atoms with Crippen LogP contribution in [0.5, 0.6) is 0 Å². The normalized spacial score (nSPS) is 20.0. The first-order valence-electron chi connectivity index (χ1n) is 7.11. The largest absolute Gasteiger partial charge is 0.347 e. The van der Waals surface area contributed by atoms with Gasteiger partial charge in [-0.15, -0.1) is 11.3 Å². The zero-order valence-corrected chi connectivity index (χ0v) is 12.9. The smallest absolute Gasteiger partial charge is 0.243 e. The van der Waals surface area contributed by atoms with E-state index in [0.717, 1.165) is 4.88 Å². The molecule has 5 heteroatoms. The molecule has 110 valence electrons. The Morgan fingerprint density at radius 1 is 1.43 bits per heavy atom. The van der Waals surface area contributed by atoms with E-state index in [1.165, 1.54) is 10.1 Å². The SMILES string of the molecule is C[C@@H](NC(=O)[C@@H]1CCC(=O)N1C)c1cc2ccccc2s1. The van der Waals surface area contributed by atoms with Crippen molar-refractivity contribution in [1.29, 1.82) is 0 Å². The van der Waals surface area contributed by atoms with E-state index >= 15 is 0 Å². The van der Waals surface area contributed by atoms with Crippen LogP contribution in [0, 0.1) is 0 Å². The number of likely N-dealkylation sites (N-methyl/N-ethyl adjacent to an activating group) is 1. The second kappa shape index (κ2) is 5.48. The van der Waals surface area contributed by atoms with Crippen LogP contribution in [-0.2, 0) is 9.59 Å². The molecule has 1 aromatic carbocycles. The summed E-state index contributed by atoms with van der Waals surface area (Å²) < 4.78 is 1.22. The van der Waals surface area contributed by atoms with Crippen molar-refractivity contribution in [1.82, 2.24) is 10.2 Å². The molecule has 21 heavy (non-hydrogen) atoms. The predicted octanol–water partition coefficient (Wildman–Crippen LogP) is 2.70. The summed E-state index contributed by atoms with van der Waals surface area (Å²) in [4.78, 5) is 26.5. The molecular formula is C16H18N2O2S. The molecule has 1 saturated heterocycles. The van der Waals surface area contributed by atoms with E-state index in [1.807, 2.05) is 19.1 Å². The Kier molecular flexibility index (Phi) is 3.68. The summed E-state index contributed by atoms with van der Waals surface area (Å²) >= 11 is 1.70. The molecule has 4 nitrogen and oxygen atoms in total. The minimum atomic E-state index is -0.325. The number of rotatable bonds is 3. The summed E-state index contributed by atoms with van der Waals surface area (Å²) in [5.41, 5.74) is 0. The van der Waals surface area contributed by atoms with Gasteiger partial charge in [-0.1, -0.05) is 18.2 Å². The topological polar surface area (TPSA) is 49.4 Å². The molecule has 0 spiro atoms. The fourth-order valence-electron chi connectivity index (χ4n) is 2.71. The lowest BCUT2D eigenvalue weighted by molar-refractivity contribution is -0.134. The van der Waals surface area contributed by atoms with Crippen LogP contribution >= 0.6 is 11.3 Å². The van der Waals surface area contributed by atoms with Crippen LogP contribution in [0.4, 0.5) is 0 Å². The van der Waals surface area contributed by atoms with Gasteiger partial charge >= 0.3 is 0 Å². The van der Waals surface area contributed by atoms with E-state index in [-0.39, 0.29) is 23.9 Å². The Morgan fingerprint density at radius 3 is 2.86 bits per heavy atom. The number of benzene rings is 1. The summed E-state index contributed by atoms with van der Waals surface area (Å²) in [6, 6.07) is 9.95. The minimum absolute atomic E-state index is 0.0426. The second-order valence-electron chi connectivity index (χ2n) is 5.48. The number of thiophene rings is 1. The quantitative estimate of drug-likeness (QED) is 0.947. The third kappa shape index (κ3) is 2.65. The molecule has 1 N–H and O–H groups in total. The number of nitrogens with one attached hydrogen (secondary N) is 1. The monoisotopic (exact) mass is 302 g/mol. The first-order valence-corrected chi connectivity index (χ1v) is 7.92. The minimum Gasteiger partial charge on any atom is -0.347 e. The Balaban J connectivity index is 1.72. The maximum absolute atomic E-state index is 12.3. The molecular weight excluding hydrogens is 284 g/mol. The number of likely N-dealkylation sites (tertiary alicyclic amines) is 1. The molecule has 0 saturated carbocycles. The van der Waals surface area contributed by atoms with Crippen molar-refractivity contribution in [3.8, 4) is 0 Å². The third-order valence-electron chi connectivity index (χ3n) is 4.03. The summed E-state index contributed by atoms with van der Waals surface area (Å²) in [5, 5.41) is 4.23. The van der Waals surface area contributed by atoms with Crippen molar-refractivity contribution in [2.45, 2.75) is 31.8 Å². The predicted molar refractivity (Wildman–Crippen MR) is 84.2 cm³/mol. The van der Waals surface area contributed by atoms with Crippen LogP contribution in [-0.4, -0.2) is 29.8 Å². The van der Waals surface area contributed by atoms with Gasteiger partial charge in [0.05, 0.1) is 6.04 Å². The molecule has 1 aromatic heterocycles. The van der Waals surface area contributed by atoms with Crippen molar-refractivity contribution in [2.75, 3.05) is 7.05 Å². The molecule has 2 atom stereocenters. The van der Waals surface area contributed by atoms with Gasteiger partial charge < -0.3 is 10.2 Å². The van der Waals surface area contributed by atoms with Gasteiger partial charge in [-0.05, 0) is 30.9 Å². The number of fused-ring (bicyclic) bond motifs is 1. The summed E-state index contributed by atoms with van der Waals surface area (Å²) in [6.45, 7) is 1.99. The molecule has 2 amide bonds. The molecule has 3 rings (SSSR count). The van der Waals surface area contributed by atoms with Crippen LogP contribution in [0.2, 0.25) is 0 Å².